The summed E-state index contributed by atoms with van der Waals surface area (Å²) < 4.78 is 24.6. The number of anilines is 2. The van der Waals surface area contributed by atoms with Crippen molar-refractivity contribution in [1.82, 2.24) is 9.71 Å². The lowest BCUT2D eigenvalue weighted by Crippen LogP contribution is -2.26. The summed E-state index contributed by atoms with van der Waals surface area (Å²) in [7, 11) is -0.210. The molecule has 18 heavy (non-hydrogen) atoms. The fourth-order valence-corrected chi connectivity index (χ4v) is 2.27. The van der Waals surface area contributed by atoms with Crippen molar-refractivity contribution in [2.45, 2.75) is 0 Å². The molecule has 0 amide bonds. The van der Waals surface area contributed by atoms with Crippen LogP contribution in [0.25, 0.3) is 0 Å². The predicted molar refractivity (Wildman–Crippen MR) is 75.1 cm³/mol. The highest BCUT2D eigenvalue weighted by Crippen LogP contribution is 2.28. The van der Waals surface area contributed by atoms with Crippen molar-refractivity contribution in [2.24, 2.45) is 0 Å². The topological polar surface area (TPSA) is 83.1 Å². The van der Waals surface area contributed by atoms with Gasteiger partial charge in [-0.05, 0) is 13.1 Å². The molecule has 0 aliphatic carbocycles. The average molecular weight is 313 g/mol. The first kappa shape index (κ1) is 15.3. The van der Waals surface area contributed by atoms with Crippen molar-refractivity contribution < 1.29 is 8.42 Å². The number of nitrogens with one attached hydrogen (secondary N) is 3. The molecular weight excluding hydrogens is 299 g/mol. The zero-order valence-corrected chi connectivity index (χ0v) is 12.2. The zero-order chi connectivity index (χ0) is 13.8. The fourth-order valence-electron chi connectivity index (χ4n) is 1.17. The van der Waals surface area contributed by atoms with Crippen molar-refractivity contribution in [3.63, 3.8) is 0 Å². The second-order valence-corrected chi connectivity index (χ2v) is 6.21. The highest BCUT2D eigenvalue weighted by atomic mass is 35.5. The first-order valence-corrected chi connectivity index (χ1v) is 7.49. The molecule has 1 aromatic rings. The van der Waals surface area contributed by atoms with Crippen LogP contribution in [0, 0.1) is 0 Å². The molecule has 1 rings (SSSR count). The van der Waals surface area contributed by atoms with E-state index in [0.29, 0.717) is 21.7 Å². The molecule has 0 aliphatic heterocycles. The standard InChI is InChI=1S/C9H14Cl2N4O2S/c1-12-8-6(10)5-7(11)9(15-8)14-3-4-18(16,17)13-2/h5,13H,3-4H2,1-2H3,(H2,12,14,15). The van der Waals surface area contributed by atoms with Gasteiger partial charge in [0.2, 0.25) is 10.0 Å². The van der Waals surface area contributed by atoms with Crippen LogP contribution in [0.5, 0.6) is 0 Å². The molecule has 0 spiro atoms. The van der Waals surface area contributed by atoms with E-state index in [9.17, 15) is 8.42 Å². The normalized spacial score (nSPS) is 11.3. The van der Waals surface area contributed by atoms with Crippen LogP contribution in [0.15, 0.2) is 6.07 Å². The number of hydrogen-bond donors (Lipinski definition) is 3. The molecule has 0 fully saturated rings. The van der Waals surface area contributed by atoms with Crippen LogP contribution >= 0.6 is 23.2 Å². The molecule has 0 saturated carbocycles. The summed E-state index contributed by atoms with van der Waals surface area (Å²) in [5, 5.41) is 6.39. The summed E-state index contributed by atoms with van der Waals surface area (Å²) in [5.41, 5.74) is 0. The molecule has 0 radical (unpaired) electrons. The smallest absolute Gasteiger partial charge is 0.213 e. The van der Waals surface area contributed by atoms with Gasteiger partial charge in [0.25, 0.3) is 0 Å². The van der Waals surface area contributed by atoms with Gasteiger partial charge in [-0.15, -0.1) is 0 Å². The maximum atomic E-state index is 11.2. The Labute approximate surface area is 116 Å². The number of sulfonamides is 1. The van der Waals surface area contributed by atoms with E-state index in [-0.39, 0.29) is 12.3 Å². The third-order valence-corrected chi connectivity index (χ3v) is 4.08. The number of nitrogens with zero attached hydrogens (tertiary/aromatic N) is 1. The van der Waals surface area contributed by atoms with Crippen LogP contribution in [0.1, 0.15) is 0 Å². The summed E-state index contributed by atoms with van der Waals surface area (Å²) >= 11 is 11.8. The zero-order valence-electron chi connectivity index (χ0n) is 9.92. The van der Waals surface area contributed by atoms with E-state index >= 15 is 0 Å². The van der Waals surface area contributed by atoms with Crippen molar-refractivity contribution in [2.75, 3.05) is 37.0 Å². The summed E-state index contributed by atoms with van der Waals surface area (Å²) in [6.07, 6.45) is 0. The second-order valence-electron chi connectivity index (χ2n) is 3.35. The Kier molecular flexibility index (Phi) is 5.46. The summed E-state index contributed by atoms with van der Waals surface area (Å²) in [5.74, 6) is 0.788. The Bertz CT molecular complexity index is 522. The molecule has 102 valence electrons. The molecule has 0 aliphatic rings. The monoisotopic (exact) mass is 312 g/mol. The van der Waals surface area contributed by atoms with Gasteiger partial charge >= 0.3 is 0 Å². The second kappa shape index (κ2) is 6.42. The van der Waals surface area contributed by atoms with Gasteiger partial charge in [0.1, 0.15) is 11.6 Å². The number of aromatic nitrogens is 1. The number of rotatable bonds is 6. The summed E-state index contributed by atoms with van der Waals surface area (Å²) in [4.78, 5) is 4.13. The first-order valence-electron chi connectivity index (χ1n) is 5.08. The molecule has 1 heterocycles. The minimum absolute atomic E-state index is 0.0704. The van der Waals surface area contributed by atoms with Gasteiger partial charge in [-0.3, -0.25) is 0 Å². The molecule has 0 saturated heterocycles. The lowest BCUT2D eigenvalue weighted by molar-refractivity contribution is 0.588. The highest BCUT2D eigenvalue weighted by molar-refractivity contribution is 7.89. The fraction of sp³-hybridized carbons (Fsp3) is 0.444. The van der Waals surface area contributed by atoms with E-state index in [4.69, 9.17) is 23.2 Å². The molecule has 9 heteroatoms. The van der Waals surface area contributed by atoms with E-state index in [0.717, 1.165) is 0 Å². The maximum absolute atomic E-state index is 11.2. The van der Waals surface area contributed by atoms with Crippen LogP contribution in [-0.2, 0) is 10.0 Å². The van der Waals surface area contributed by atoms with Gasteiger partial charge in [0, 0.05) is 13.6 Å². The summed E-state index contributed by atoms with van der Waals surface area (Å²) in [6, 6.07) is 1.54. The van der Waals surface area contributed by atoms with Gasteiger partial charge in [0.05, 0.1) is 15.8 Å². The van der Waals surface area contributed by atoms with E-state index in [2.05, 4.69) is 20.3 Å². The largest absolute Gasteiger partial charge is 0.372 e. The van der Waals surface area contributed by atoms with Gasteiger partial charge in [-0.2, -0.15) is 0 Å². The van der Waals surface area contributed by atoms with Crippen molar-refractivity contribution in [3.05, 3.63) is 16.1 Å². The average Bonchev–Trinajstić information content (AvgIpc) is 2.32. The van der Waals surface area contributed by atoms with Crippen LogP contribution < -0.4 is 15.4 Å². The summed E-state index contributed by atoms with van der Waals surface area (Å²) in [6.45, 7) is 0.195. The Morgan fingerprint density at radius 3 is 2.39 bits per heavy atom. The molecule has 0 bridgehead atoms. The first-order chi connectivity index (χ1) is 8.39. The molecule has 3 N–H and O–H groups in total. The Hall–Kier alpha value is -0.760. The van der Waals surface area contributed by atoms with Gasteiger partial charge in [-0.1, -0.05) is 23.2 Å². The van der Waals surface area contributed by atoms with E-state index < -0.39 is 10.0 Å². The lowest BCUT2D eigenvalue weighted by atomic mass is 10.4. The molecular formula is C9H14Cl2N4O2S. The molecule has 0 unspecified atom stereocenters. The molecule has 1 aromatic heterocycles. The SMILES string of the molecule is CNc1nc(NCCS(=O)(=O)NC)c(Cl)cc1Cl. The quantitative estimate of drug-likeness (QED) is 0.739. The van der Waals surface area contributed by atoms with Gasteiger partial charge < -0.3 is 10.6 Å². The van der Waals surface area contributed by atoms with Crippen LogP contribution in [-0.4, -0.2) is 39.8 Å². The van der Waals surface area contributed by atoms with Crippen molar-refractivity contribution in [1.29, 1.82) is 0 Å². The Morgan fingerprint density at radius 1 is 1.22 bits per heavy atom. The molecule has 6 nitrogen and oxygen atoms in total. The number of pyridine rings is 1. The Balaban J connectivity index is 2.74. The van der Waals surface area contributed by atoms with Gasteiger partial charge in [0.15, 0.2) is 0 Å². The van der Waals surface area contributed by atoms with E-state index in [1.54, 1.807) is 7.05 Å². The Morgan fingerprint density at radius 2 is 1.83 bits per heavy atom. The third kappa shape index (κ3) is 4.16. The van der Waals surface area contributed by atoms with Crippen molar-refractivity contribution >= 4 is 44.9 Å². The van der Waals surface area contributed by atoms with E-state index in [1.807, 2.05) is 0 Å². The molecule has 0 aromatic carbocycles. The minimum atomic E-state index is -3.25. The predicted octanol–water partition coefficient (Wildman–Crippen LogP) is 1.39. The molecule has 0 atom stereocenters. The maximum Gasteiger partial charge on any atom is 0.213 e. The number of hydrogen-bond acceptors (Lipinski definition) is 5. The lowest BCUT2D eigenvalue weighted by Gasteiger charge is -2.10. The van der Waals surface area contributed by atoms with Gasteiger partial charge in [-0.25, -0.2) is 18.1 Å². The highest BCUT2D eigenvalue weighted by Gasteiger charge is 2.10. The van der Waals surface area contributed by atoms with Crippen LogP contribution in [0.3, 0.4) is 0 Å². The van der Waals surface area contributed by atoms with E-state index in [1.165, 1.54) is 13.1 Å². The minimum Gasteiger partial charge on any atom is -0.372 e. The van der Waals surface area contributed by atoms with Crippen LogP contribution in [0.2, 0.25) is 10.0 Å². The third-order valence-electron chi connectivity index (χ3n) is 2.14. The van der Waals surface area contributed by atoms with Crippen molar-refractivity contribution in [3.8, 4) is 0 Å². The van der Waals surface area contributed by atoms with Crippen LogP contribution in [0.4, 0.5) is 11.6 Å². The number of halogens is 2.